The molecule has 0 aliphatic carbocycles. The summed E-state index contributed by atoms with van der Waals surface area (Å²) in [5.41, 5.74) is 3.80. The van der Waals surface area contributed by atoms with Crippen LogP contribution in [0.1, 0.15) is 46.7 Å². The smallest absolute Gasteiger partial charge is 0.342 e. The molecule has 0 spiro atoms. The van der Waals surface area contributed by atoms with Gasteiger partial charge in [0, 0.05) is 6.04 Å². The van der Waals surface area contributed by atoms with Crippen LogP contribution in [0.15, 0.2) is 24.3 Å². The van der Waals surface area contributed by atoms with Gasteiger partial charge in [-0.25, -0.2) is 4.79 Å². The number of benzene rings is 1. The summed E-state index contributed by atoms with van der Waals surface area (Å²) in [4.78, 5) is 35.8. The molecule has 0 aliphatic rings. The molecule has 0 bridgehead atoms. The minimum atomic E-state index is -0.614. The highest BCUT2D eigenvalue weighted by molar-refractivity contribution is 5.93. The predicted molar refractivity (Wildman–Crippen MR) is 109 cm³/mol. The van der Waals surface area contributed by atoms with E-state index in [2.05, 4.69) is 15.7 Å². The van der Waals surface area contributed by atoms with Crippen LogP contribution in [0.3, 0.4) is 0 Å². The van der Waals surface area contributed by atoms with Gasteiger partial charge in [-0.15, -0.1) is 0 Å². The Morgan fingerprint density at radius 1 is 1.07 bits per heavy atom. The van der Waals surface area contributed by atoms with E-state index in [9.17, 15) is 14.4 Å². The maximum absolute atomic E-state index is 12.4. The molecule has 0 saturated heterocycles. The van der Waals surface area contributed by atoms with Crippen molar-refractivity contribution in [1.29, 1.82) is 0 Å². The predicted octanol–water partition coefficient (Wildman–Crippen LogP) is 1.65. The summed E-state index contributed by atoms with van der Waals surface area (Å²) in [6.07, 6.45) is 0. The van der Waals surface area contributed by atoms with Crippen molar-refractivity contribution >= 4 is 17.8 Å². The second-order valence-corrected chi connectivity index (χ2v) is 7.26. The molecule has 2 amide bonds. The fraction of sp³-hybridized carbons (Fsp3) is 0.429. The number of amides is 2. The van der Waals surface area contributed by atoms with Gasteiger partial charge < -0.3 is 15.4 Å². The minimum Gasteiger partial charge on any atom is -0.452 e. The van der Waals surface area contributed by atoms with Gasteiger partial charge >= 0.3 is 5.97 Å². The van der Waals surface area contributed by atoms with Crippen LogP contribution in [0.25, 0.3) is 0 Å². The Hall–Kier alpha value is -3.16. The molecule has 8 nitrogen and oxygen atoms in total. The van der Waals surface area contributed by atoms with Crippen molar-refractivity contribution in [2.75, 3.05) is 13.2 Å². The highest BCUT2D eigenvalue weighted by Gasteiger charge is 2.21. The van der Waals surface area contributed by atoms with Crippen LogP contribution in [0.2, 0.25) is 0 Å². The Labute approximate surface area is 170 Å². The molecule has 0 fully saturated rings. The van der Waals surface area contributed by atoms with Crippen molar-refractivity contribution in [1.82, 2.24) is 20.4 Å². The van der Waals surface area contributed by atoms with Crippen molar-refractivity contribution in [3.8, 4) is 0 Å². The van der Waals surface area contributed by atoms with Crippen molar-refractivity contribution in [2.45, 2.75) is 47.2 Å². The molecule has 2 N–H and O–H groups in total. The number of nitrogens with one attached hydrogen (secondary N) is 2. The van der Waals surface area contributed by atoms with Crippen LogP contribution >= 0.6 is 0 Å². The van der Waals surface area contributed by atoms with Gasteiger partial charge in [0.15, 0.2) is 6.61 Å². The average molecular weight is 400 g/mol. The van der Waals surface area contributed by atoms with Gasteiger partial charge in [-0.05, 0) is 40.2 Å². The molecule has 0 radical (unpaired) electrons. The van der Waals surface area contributed by atoms with E-state index >= 15 is 0 Å². The van der Waals surface area contributed by atoms with Crippen molar-refractivity contribution < 1.29 is 19.1 Å². The van der Waals surface area contributed by atoms with Crippen molar-refractivity contribution in [3.05, 3.63) is 52.3 Å². The largest absolute Gasteiger partial charge is 0.452 e. The third-order valence-corrected chi connectivity index (χ3v) is 4.27. The number of rotatable bonds is 8. The van der Waals surface area contributed by atoms with Crippen LogP contribution in [-0.4, -0.2) is 46.8 Å². The molecule has 2 rings (SSSR count). The Morgan fingerprint density at radius 2 is 1.72 bits per heavy atom. The maximum atomic E-state index is 12.4. The number of hydrogen-bond acceptors (Lipinski definition) is 5. The quantitative estimate of drug-likeness (QED) is 0.656. The standard InChI is InChI=1S/C21H28N4O4/c1-13(2)23-18(26)10-22-19(27)12-29-21(28)20-15(4)24-25(16(20)5)11-17-8-6-14(3)7-9-17/h6-9,13H,10-12H2,1-5H3,(H,22,27)(H,23,26). The summed E-state index contributed by atoms with van der Waals surface area (Å²) in [5.74, 6) is -1.46. The summed E-state index contributed by atoms with van der Waals surface area (Å²) in [6.45, 7) is 9.10. The van der Waals surface area contributed by atoms with Gasteiger partial charge in [0.25, 0.3) is 5.91 Å². The second-order valence-electron chi connectivity index (χ2n) is 7.26. The van der Waals surface area contributed by atoms with Gasteiger partial charge in [0.1, 0.15) is 5.56 Å². The lowest BCUT2D eigenvalue weighted by molar-refractivity contribution is -0.128. The number of nitrogens with zero attached hydrogens (tertiary/aromatic N) is 2. The molecular weight excluding hydrogens is 372 g/mol. The molecular formula is C21H28N4O4. The van der Waals surface area contributed by atoms with E-state index in [1.807, 2.05) is 45.0 Å². The molecule has 2 aromatic rings. The number of aromatic nitrogens is 2. The van der Waals surface area contributed by atoms with Crippen LogP contribution in [-0.2, 0) is 20.9 Å². The van der Waals surface area contributed by atoms with E-state index in [1.54, 1.807) is 18.5 Å². The maximum Gasteiger partial charge on any atom is 0.342 e. The molecule has 1 aromatic carbocycles. The summed E-state index contributed by atoms with van der Waals surface area (Å²) in [7, 11) is 0. The van der Waals surface area contributed by atoms with E-state index in [-0.39, 0.29) is 18.5 Å². The Bertz CT molecular complexity index is 885. The van der Waals surface area contributed by atoms with Crippen LogP contribution in [0.5, 0.6) is 0 Å². The lowest BCUT2D eigenvalue weighted by Gasteiger charge is -2.10. The highest BCUT2D eigenvalue weighted by atomic mass is 16.5. The first-order valence-electron chi connectivity index (χ1n) is 9.50. The van der Waals surface area contributed by atoms with E-state index in [4.69, 9.17) is 4.74 Å². The molecule has 156 valence electrons. The Kier molecular flexibility index (Phi) is 7.52. The fourth-order valence-corrected chi connectivity index (χ4v) is 2.82. The van der Waals surface area contributed by atoms with Gasteiger partial charge in [-0.1, -0.05) is 29.8 Å². The topological polar surface area (TPSA) is 102 Å². The Morgan fingerprint density at radius 3 is 2.34 bits per heavy atom. The van der Waals surface area contributed by atoms with Crippen LogP contribution in [0, 0.1) is 20.8 Å². The summed E-state index contributed by atoms with van der Waals surface area (Å²) < 4.78 is 6.85. The first-order chi connectivity index (χ1) is 13.7. The van der Waals surface area contributed by atoms with Gasteiger partial charge in [0.05, 0.1) is 24.5 Å². The SMILES string of the molecule is Cc1ccc(Cn2nc(C)c(C(=O)OCC(=O)NCC(=O)NC(C)C)c2C)cc1. The number of ether oxygens (including phenoxy) is 1. The molecule has 1 heterocycles. The zero-order chi connectivity index (χ0) is 21.6. The number of carbonyl (C=O) groups is 3. The van der Waals surface area contributed by atoms with Crippen LogP contribution in [0.4, 0.5) is 0 Å². The summed E-state index contributed by atoms with van der Waals surface area (Å²) >= 11 is 0. The minimum absolute atomic E-state index is 0.0142. The van der Waals surface area contributed by atoms with E-state index in [1.165, 1.54) is 5.56 Å². The van der Waals surface area contributed by atoms with E-state index < -0.39 is 18.5 Å². The molecule has 0 saturated carbocycles. The van der Waals surface area contributed by atoms with Crippen LogP contribution < -0.4 is 10.6 Å². The lowest BCUT2D eigenvalue weighted by atomic mass is 10.1. The number of aryl methyl sites for hydroxylation is 2. The number of hydrogen-bond donors (Lipinski definition) is 2. The average Bonchev–Trinajstić information content (AvgIpc) is 2.92. The van der Waals surface area contributed by atoms with Gasteiger partial charge in [-0.3, -0.25) is 14.3 Å². The molecule has 0 unspecified atom stereocenters. The molecule has 8 heteroatoms. The summed E-state index contributed by atoms with van der Waals surface area (Å²) in [5, 5.41) is 9.50. The highest BCUT2D eigenvalue weighted by Crippen LogP contribution is 2.16. The third-order valence-electron chi connectivity index (χ3n) is 4.27. The zero-order valence-corrected chi connectivity index (χ0v) is 17.5. The van der Waals surface area contributed by atoms with Crippen molar-refractivity contribution in [2.24, 2.45) is 0 Å². The third kappa shape index (κ3) is 6.44. The van der Waals surface area contributed by atoms with Gasteiger partial charge in [0.2, 0.25) is 5.91 Å². The summed E-state index contributed by atoms with van der Waals surface area (Å²) in [6, 6.07) is 8.07. The first-order valence-corrected chi connectivity index (χ1v) is 9.50. The van der Waals surface area contributed by atoms with E-state index in [0.29, 0.717) is 23.5 Å². The lowest BCUT2D eigenvalue weighted by Crippen LogP contribution is -2.41. The zero-order valence-electron chi connectivity index (χ0n) is 17.5. The number of esters is 1. The molecule has 0 aliphatic heterocycles. The van der Waals surface area contributed by atoms with Crippen molar-refractivity contribution in [3.63, 3.8) is 0 Å². The normalized spacial score (nSPS) is 10.7. The molecule has 29 heavy (non-hydrogen) atoms. The Balaban J connectivity index is 1.93. The molecule has 1 aromatic heterocycles. The second kappa shape index (κ2) is 9.86. The van der Waals surface area contributed by atoms with E-state index in [0.717, 1.165) is 5.56 Å². The number of carbonyl (C=O) groups excluding carboxylic acids is 3. The molecule has 0 atom stereocenters. The fourth-order valence-electron chi connectivity index (χ4n) is 2.82. The monoisotopic (exact) mass is 400 g/mol. The van der Waals surface area contributed by atoms with Gasteiger partial charge in [-0.2, -0.15) is 5.10 Å². The first kappa shape index (κ1) is 22.1.